The minimum Gasteiger partial charge on any atom is 0 e. The van der Waals surface area contributed by atoms with Crippen LogP contribution < -0.4 is 0 Å². The summed E-state index contributed by atoms with van der Waals surface area (Å²) in [6.07, 6.45) is 1.34. The summed E-state index contributed by atoms with van der Waals surface area (Å²) in [5.41, 5.74) is 2.54. The summed E-state index contributed by atoms with van der Waals surface area (Å²) in [5.74, 6) is 0. The zero-order chi connectivity index (χ0) is 13.8. The van der Waals surface area contributed by atoms with Crippen molar-refractivity contribution < 1.29 is 46.9 Å². The molecular formula is C13H18BNO3Y-2. The molecule has 0 heterocycles. The average Bonchev–Trinajstić information content (AvgIpc) is 2.39. The largest absolute Gasteiger partial charge is 0 e. The predicted octanol–water partition coefficient (Wildman–Crippen LogP) is 1.34. The van der Waals surface area contributed by atoms with Gasteiger partial charge in [-0.15, -0.1) is 0 Å². The van der Waals surface area contributed by atoms with Crippen molar-refractivity contribution in [1.29, 1.82) is 0 Å². The normalized spacial score (nSPS) is 8.63. The van der Waals surface area contributed by atoms with Crippen molar-refractivity contribution in [2.45, 2.75) is 13.3 Å². The first kappa shape index (κ1) is 20.9. The molecule has 0 spiro atoms. The predicted molar refractivity (Wildman–Crippen MR) is 71.0 cm³/mol. The van der Waals surface area contributed by atoms with Crippen LogP contribution in [0.25, 0.3) is 0 Å². The monoisotopic (exact) mass is 336 g/mol. The van der Waals surface area contributed by atoms with E-state index in [9.17, 15) is 4.70 Å². The van der Waals surface area contributed by atoms with Gasteiger partial charge in [-0.3, -0.25) is 0 Å². The molecule has 1 radical (unpaired) electrons. The number of hydrogen-bond acceptors (Lipinski definition) is 4. The zero-order valence-corrected chi connectivity index (χ0v) is 14.5. The fourth-order valence-corrected chi connectivity index (χ4v) is 1.18. The summed E-state index contributed by atoms with van der Waals surface area (Å²) < 4.78 is 13.9. The van der Waals surface area contributed by atoms with E-state index in [0.717, 1.165) is 13.6 Å². The van der Waals surface area contributed by atoms with Crippen molar-refractivity contribution in [1.82, 2.24) is 4.90 Å². The van der Waals surface area contributed by atoms with Gasteiger partial charge in [0.1, 0.15) is 0 Å². The van der Waals surface area contributed by atoms with Crippen molar-refractivity contribution in [3.8, 4) is 0 Å². The molecular weight excluding hydrogens is 318 g/mol. The molecule has 0 atom stereocenters. The Balaban J connectivity index is 0. The molecule has 0 amide bonds. The summed E-state index contributed by atoms with van der Waals surface area (Å²) in [7, 11) is 4.07. The molecule has 0 bridgehead atoms. The van der Waals surface area contributed by atoms with Gasteiger partial charge in [0.05, 0.1) is 0 Å². The van der Waals surface area contributed by atoms with Gasteiger partial charge in [0, 0.05) is 39.8 Å². The van der Waals surface area contributed by atoms with Gasteiger partial charge in [-0.1, -0.05) is 6.47 Å². The number of methoxy groups -OCH3 is 1. The Bertz CT molecular complexity index is 346. The van der Waals surface area contributed by atoms with Crippen molar-refractivity contribution in [2.75, 3.05) is 20.6 Å². The number of ether oxygens (including phenoxy) is 1. The van der Waals surface area contributed by atoms with E-state index in [1.54, 1.807) is 0 Å². The van der Waals surface area contributed by atoms with Crippen LogP contribution in [0.2, 0.25) is 0 Å². The molecule has 0 unspecified atom stereocenters. The molecule has 0 aliphatic heterocycles. The summed E-state index contributed by atoms with van der Waals surface area (Å²) in [6, 6.07) is 8.42. The Labute approximate surface area is 141 Å². The molecule has 1 aromatic rings. The summed E-state index contributed by atoms with van der Waals surface area (Å²) in [4.78, 5) is 10.7. The van der Waals surface area contributed by atoms with Gasteiger partial charge in [-0.05, 0) is 0 Å². The average molecular weight is 336 g/mol. The van der Waals surface area contributed by atoms with E-state index < -0.39 is 0 Å². The molecule has 0 saturated carbocycles. The van der Waals surface area contributed by atoms with Crippen molar-refractivity contribution in [2.24, 2.45) is 0 Å². The van der Waals surface area contributed by atoms with Crippen LogP contribution in [0, 0.1) is 13.5 Å². The van der Waals surface area contributed by atoms with E-state index >= 15 is 0 Å². The first-order valence-corrected chi connectivity index (χ1v) is 5.57. The molecule has 0 saturated heterocycles. The maximum absolute atomic E-state index is 10.2. The number of rotatable bonds is 6. The Morgan fingerprint density at radius 1 is 1.37 bits per heavy atom. The third kappa shape index (κ3) is 12.4. The second kappa shape index (κ2) is 14.0. The first-order valence-electron chi connectivity index (χ1n) is 5.57. The van der Waals surface area contributed by atoms with Crippen LogP contribution in [0.4, 0.5) is 0 Å². The number of nitrogens with zero attached hydrogens (tertiary/aromatic N) is 1. The third-order valence-corrected chi connectivity index (χ3v) is 2.21. The van der Waals surface area contributed by atoms with Gasteiger partial charge in [0.25, 0.3) is 0 Å². The third-order valence-electron chi connectivity index (χ3n) is 2.21. The quantitative estimate of drug-likeness (QED) is 0.581. The molecule has 0 aliphatic rings. The number of likely N-dealkylation sites (N-methyl/N-ethyl adjacent to an activating group) is 1. The zero-order valence-electron chi connectivity index (χ0n) is 11.6. The van der Waals surface area contributed by atoms with Crippen LogP contribution in [0.3, 0.4) is 0 Å². The molecule has 19 heavy (non-hydrogen) atoms. The van der Waals surface area contributed by atoms with E-state index in [4.69, 9.17) is 4.79 Å². The number of carbonyl (C=O) groups excluding carboxylic acids is 1. The van der Waals surface area contributed by atoms with Gasteiger partial charge in [-0.2, -0.15) is 0 Å². The molecule has 0 aromatic heterocycles. The maximum Gasteiger partial charge on any atom is 0 e. The van der Waals surface area contributed by atoms with Crippen LogP contribution in [0.5, 0.6) is 0 Å². The Hall–Kier alpha value is -0.381. The maximum atomic E-state index is 10.2. The van der Waals surface area contributed by atoms with Crippen LogP contribution in [0.1, 0.15) is 11.1 Å². The second-order valence-electron chi connectivity index (χ2n) is 3.77. The molecule has 1 rings (SSSR count). The van der Waals surface area contributed by atoms with Crippen LogP contribution in [-0.4, -0.2) is 39.1 Å². The van der Waals surface area contributed by atoms with Crippen molar-refractivity contribution in [3.63, 3.8) is 0 Å². The Kier molecular flexibility index (Phi) is 15.5. The molecule has 4 nitrogen and oxygen atoms in total. The molecule has 0 N–H and O–H groups in total. The topological polar surface area (TPSA) is 46.6 Å². The SMILES string of the molecule is CO[C-]=O.Cc1ccc(C[CH-]N(C)CB=O)cc1.[Y]. The molecule has 1 aromatic carbocycles. The van der Waals surface area contributed by atoms with Crippen LogP contribution >= 0.6 is 0 Å². The van der Waals surface area contributed by atoms with E-state index in [2.05, 4.69) is 35.9 Å². The molecule has 0 fully saturated rings. The summed E-state index contributed by atoms with van der Waals surface area (Å²) in [6.45, 7) is 5.28. The summed E-state index contributed by atoms with van der Waals surface area (Å²) >= 11 is 0. The number of aryl methyl sites for hydroxylation is 1. The molecule has 101 valence electrons. The minimum absolute atomic E-state index is 0. The van der Waals surface area contributed by atoms with Crippen molar-refractivity contribution >= 4 is 13.6 Å². The summed E-state index contributed by atoms with van der Waals surface area (Å²) in [5, 5.41) is 0. The molecule has 6 heteroatoms. The van der Waals surface area contributed by atoms with Gasteiger partial charge >= 0.3 is 85.5 Å². The van der Waals surface area contributed by atoms with Crippen molar-refractivity contribution in [3.05, 3.63) is 41.9 Å². The second-order valence-corrected chi connectivity index (χ2v) is 3.77. The van der Waals surface area contributed by atoms with E-state index in [-0.39, 0.29) is 32.7 Å². The Morgan fingerprint density at radius 3 is 2.32 bits per heavy atom. The first-order chi connectivity index (χ1) is 8.63. The van der Waals surface area contributed by atoms with E-state index in [0.29, 0.717) is 6.44 Å². The smallest absolute Gasteiger partial charge is 0 e. The van der Waals surface area contributed by atoms with E-state index in [1.165, 1.54) is 24.7 Å². The fourth-order valence-electron chi connectivity index (χ4n) is 1.18. The van der Waals surface area contributed by atoms with Gasteiger partial charge in [0.2, 0.25) is 0 Å². The van der Waals surface area contributed by atoms with Crippen LogP contribution in [0.15, 0.2) is 24.3 Å². The minimum atomic E-state index is 0. The van der Waals surface area contributed by atoms with Gasteiger partial charge in [-0.25, -0.2) is 0 Å². The van der Waals surface area contributed by atoms with E-state index in [1.807, 2.05) is 18.5 Å². The molecule has 0 aliphatic carbocycles. The van der Waals surface area contributed by atoms with Crippen LogP contribution in [-0.2, 0) is 53.4 Å². The number of hydrogen-bond donors (Lipinski definition) is 0. The van der Waals surface area contributed by atoms with Gasteiger partial charge in [0.15, 0.2) is 0 Å². The Morgan fingerprint density at radius 2 is 1.89 bits per heavy atom. The van der Waals surface area contributed by atoms with Gasteiger partial charge < -0.3 is 9.53 Å². The number of benzene rings is 1. The fraction of sp³-hybridized carbons (Fsp3) is 0.385. The standard InChI is InChI=1S/C11H15BNO.C2H3O2.Y/c1-10-3-5-11(6-4-10)7-8-13(2)9-12-14;1-4-2-3;/h3-6,8H,7,9H2,1-2H3;1H3;/q2*-1;.